The number of anilines is 1. The van der Waals surface area contributed by atoms with Gasteiger partial charge in [-0.05, 0) is 19.1 Å². The van der Waals surface area contributed by atoms with Gasteiger partial charge in [0.05, 0.1) is 23.1 Å². The zero-order valence-electron chi connectivity index (χ0n) is 10.5. The molecule has 0 aliphatic carbocycles. The van der Waals surface area contributed by atoms with Crippen molar-refractivity contribution >= 4 is 11.6 Å². The van der Waals surface area contributed by atoms with Crippen molar-refractivity contribution in [2.75, 3.05) is 5.73 Å². The van der Waals surface area contributed by atoms with Crippen molar-refractivity contribution in [2.45, 2.75) is 13.5 Å². The van der Waals surface area contributed by atoms with Gasteiger partial charge in [0.2, 0.25) is 0 Å². The van der Waals surface area contributed by atoms with Gasteiger partial charge in [-0.15, -0.1) is 0 Å². The van der Waals surface area contributed by atoms with Gasteiger partial charge in [-0.3, -0.25) is 9.78 Å². The van der Waals surface area contributed by atoms with Crippen LogP contribution in [-0.2, 0) is 6.54 Å². The number of nitrogen functional groups attached to an aromatic ring is 1. The minimum atomic E-state index is -0.342. The average Bonchev–Trinajstić information content (AvgIpc) is 2.40. The van der Waals surface area contributed by atoms with Gasteiger partial charge in [0.1, 0.15) is 5.82 Å². The van der Waals surface area contributed by atoms with E-state index in [0.29, 0.717) is 22.5 Å². The molecule has 3 N–H and O–H groups in total. The number of benzene rings is 1. The van der Waals surface area contributed by atoms with Gasteiger partial charge in [0, 0.05) is 12.1 Å². The van der Waals surface area contributed by atoms with Gasteiger partial charge in [0.25, 0.3) is 5.91 Å². The summed E-state index contributed by atoms with van der Waals surface area (Å²) in [4.78, 5) is 16.0. The van der Waals surface area contributed by atoms with Crippen LogP contribution in [0.3, 0.4) is 0 Å². The van der Waals surface area contributed by atoms with E-state index in [-0.39, 0.29) is 18.3 Å². The van der Waals surface area contributed by atoms with Crippen LogP contribution in [0.5, 0.6) is 0 Å². The Labute approximate surface area is 110 Å². The first-order chi connectivity index (χ1) is 9.08. The van der Waals surface area contributed by atoms with Crippen LogP contribution in [0.4, 0.5) is 10.1 Å². The summed E-state index contributed by atoms with van der Waals surface area (Å²) in [6.07, 6.45) is 1.49. The molecule has 4 nitrogen and oxygen atoms in total. The number of nitrogens with one attached hydrogen (secondary N) is 1. The summed E-state index contributed by atoms with van der Waals surface area (Å²) in [5.74, 6) is -0.661. The number of rotatable bonds is 3. The van der Waals surface area contributed by atoms with Crippen LogP contribution in [0.15, 0.2) is 36.5 Å². The van der Waals surface area contributed by atoms with Crippen molar-refractivity contribution < 1.29 is 9.18 Å². The lowest BCUT2D eigenvalue weighted by Crippen LogP contribution is -2.24. The molecule has 0 spiro atoms. The molecule has 0 aliphatic heterocycles. The number of halogens is 1. The molecule has 0 saturated carbocycles. The molecular weight excluding hydrogens is 245 g/mol. The standard InChI is InChI=1S/C14H14FN3O/c1-9-12(6-11(16)8-17-9)14(19)18-7-10-4-2-3-5-13(10)15/h2-6,8H,7,16H2,1H3,(H,18,19). The Kier molecular flexibility index (Phi) is 3.75. The molecule has 1 aromatic carbocycles. The highest BCUT2D eigenvalue weighted by molar-refractivity contribution is 5.95. The summed E-state index contributed by atoms with van der Waals surface area (Å²) in [5.41, 5.74) is 7.43. The number of nitrogens with two attached hydrogens (primary N) is 1. The molecule has 0 saturated heterocycles. The number of aryl methyl sites for hydroxylation is 1. The third kappa shape index (κ3) is 3.07. The maximum atomic E-state index is 13.4. The molecular formula is C14H14FN3O. The third-order valence-corrected chi connectivity index (χ3v) is 2.75. The first kappa shape index (κ1) is 13.0. The van der Waals surface area contributed by atoms with Crippen molar-refractivity contribution in [1.29, 1.82) is 0 Å². The smallest absolute Gasteiger partial charge is 0.253 e. The van der Waals surface area contributed by atoms with E-state index in [0.717, 1.165) is 0 Å². The molecule has 19 heavy (non-hydrogen) atoms. The summed E-state index contributed by atoms with van der Waals surface area (Å²) in [6.45, 7) is 1.84. The molecule has 1 amide bonds. The van der Waals surface area contributed by atoms with Crippen molar-refractivity contribution in [3.05, 3.63) is 59.2 Å². The first-order valence-electron chi connectivity index (χ1n) is 5.81. The summed E-state index contributed by atoms with van der Waals surface area (Å²) < 4.78 is 13.4. The largest absolute Gasteiger partial charge is 0.397 e. The number of amides is 1. The summed E-state index contributed by atoms with van der Waals surface area (Å²) in [6, 6.07) is 7.86. The number of hydrogen-bond donors (Lipinski definition) is 2. The second-order valence-corrected chi connectivity index (χ2v) is 4.18. The van der Waals surface area contributed by atoms with Crippen LogP contribution in [0.1, 0.15) is 21.6 Å². The molecule has 0 bridgehead atoms. The van der Waals surface area contributed by atoms with Gasteiger partial charge >= 0.3 is 0 Å². The SMILES string of the molecule is Cc1ncc(N)cc1C(=O)NCc1ccccc1F. The maximum Gasteiger partial charge on any atom is 0.253 e. The lowest BCUT2D eigenvalue weighted by Gasteiger charge is -2.08. The lowest BCUT2D eigenvalue weighted by molar-refractivity contribution is 0.0949. The number of hydrogen-bond acceptors (Lipinski definition) is 3. The van der Waals surface area contributed by atoms with E-state index in [1.165, 1.54) is 12.3 Å². The van der Waals surface area contributed by atoms with Gasteiger partial charge in [-0.2, -0.15) is 0 Å². The van der Waals surface area contributed by atoms with Crippen LogP contribution in [-0.4, -0.2) is 10.9 Å². The van der Waals surface area contributed by atoms with Crippen LogP contribution in [0.2, 0.25) is 0 Å². The van der Waals surface area contributed by atoms with Crippen molar-refractivity contribution in [3.63, 3.8) is 0 Å². The van der Waals surface area contributed by atoms with E-state index >= 15 is 0 Å². The van der Waals surface area contributed by atoms with Gasteiger partial charge in [0.15, 0.2) is 0 Å². The van der Waals surface area contributed by atoms with E-state index in [9.17, 15) is 9.18 Å². The Morgan fingerprint density at radius 3 is 2.89 bits per heavy atom. The van der Waals surface area contributed by atoms with Gasteiger partial charge in [-0.1, -0.05) is 18.2 Å². The van der Waals surface area contributed by atoms with E-state index in [4.69, 9.17) is 5.73 Å². The molecule has 98 valence electrons. The molecule has 1 heterocycles. The van der Waals surface area contributed by atoms with Gasteiger partial charge in [-0.25, -0.2) is 4.39 Å². The van der Waals surface area contributed by atoms with E-state index in [2.05, 4.69) is 10.3 Å². The molecule has 0 unspecified atom stereocenters. The minimum absolute atomic E-state index is 0.125. The second kappa shape index (κ2) is 5.48. The molecule has 0 atom stereocenters. The predicted octanol–water partition coefficient (Wildman–Crippen LogP) is 2.04. The summed E-state index contributed by atoms with van der Waals surface area (Å²) in [5, 5.41) is 2.65. The number of nitrogens with zero attached hydrogens (tertiary/aromatic N) is 1. The van der Waals surface area contributed by atoms with E-state index in [1.807, 2.05) is 0 Å². The topological polar surface area (TPSA) is 68.0 Å². The minimum Gasteiger partial charge on any atom is -0.397 e. The number of pyridine rings is 1. The van der Waals surface area contributed by atoms with Crippen LogP contribution < -0.4 is 11.1 Å². The molecule has 5 heteroatoms. The number of carbonyl (C=O) groups is 1. The predicted molar refractivity (Wildman–Crippen MR) is 71.0 cm³/mol. The Bertz CT molecular complexity index is 613. The Hall–Kier alpha value is -2.43. The Morgan fingerprint density at radius 1 is 1.42 bits per heavy atom. The highest BCUT2D eigenvalue weighted by Crippen LogP contribution is 2.10. The highest BCUT2D eigenvalue weighted by Gasteiger charge is 2.11. The zero-order valence-corrected chi connectivity index (χ0v) is 10.5. The molecule has 0 fully saturated rings. The van der Waals surface area contributed by atoms with Crippen LogP contribution >= 0.6 is 0 Å². The monoisotopic (exact) mass is 259 g/mol. The normalized spacial score (nSPS) is 10.2. The lowest BCUT2D eigenvalue weighted by atomic mass is 10.1. The van der Waals surface area contributed by atoms with Crippen molar-refractivity contribution in [1.82, 2.24) is 10.3 Å². The quantitative estimate of drug-likeness (QED) is 0.886. The molecule has 1 aromatic heterocycles. The highest BCUT2D eigenvalue weighted by atomic mass is 19.1. The molecule has 0 radical (unpaired) electrons. The summed E-state index contributed by atoms with van der Waals surface area (Å²) >= 11 is 0. The number of carbonyl (C=O) groups excluding carboxylic acids is 1. The maximum absolute atomic E-state index is 13.4. The number of aromatic nitrogens is 1. The fourth-order valence-electron chi connectivity index (χ4n) is 1.69. The average molecular weight is 259 g/mol. The first-order valence-corrected chi connectivity index (χ1v) is 5.81. The van der Waals surface area contributed by atoms with Crippen molar-refractivity contribution in [3.8, 4) is 0 Å². The summed E-state index contributed by atoms with van der Waals surface area (Å²) in [7, 11) is 0. The fourth-order valence-corrected chi connectivity index (χ4v) is 1.69. The fraction of sp³-hybridized carbons (Fsp3) is 0.143. The molecule has 2 aromatic rings. The van der Waals surface area contributed by atoms with Gasteiger partial charge < -0.3 is 11.1 Å². The Morgan fingerprint density at radius 2 is 2.16 bits per heavy atom. The van der Waals surface area contributed by atoms with E-state index < -0.39 is 0 Å². The molecule has 2 rings (SSSR count). The second-order valence-electron chi connectivity index (χ2n) is 4.18. The van der Waals surface area contributed by atoms with Crippen molar-refractivity contribution in [2.24, 2.45) is 0 Å². The molecule has 0 aliphatic rings. The van der Waals surface area contributed by atoms with Crippen LogP contribution in [0.25, 0.3) is 0 Å². The third-order valence-electron chi connectivity index (χ3n) is 2.75. The van der Waals surface area contributed by atoms with Crippen LogP contribution in [0, 0.1) is 12.7 Å². The van der Waals surface area contributed by atoms with E-state index in [1.54, 1.807) is 31.2 Å². The Balaban J connectivity index is 2.10. The zero-order chi connectivity index (χ0) is 13.8.